The van der Waals surface area contributed by atoms with E-state index in [1.165, 1.54) is 12.8 Å². The van der Waals surface area contributed by atoms with E-state index in [1.807, 2.05) is 13.8 Å². The molecule has 6 heteroatoms. The highest BCUT2D eigenvalue weighted by Crippen LogP contribution is 2.23. The Hall–Kier alpha value is -0.530. The predicted molar refractivity (Wildman–Crippen MR) is 108 cm³/mol. The standard InChI is InChI=1S/C17H34N4O.HI/c1-6-18-17(19-9-7-16(22)20-14(4)5)21-10-8-15(12-21)11-13(2)3;/h13-15H,6-12H2,1-5H3,(H,18,19)(H,20,22);1H. The first-order valence-corrected chi connectivity index (χ1v) is 8.75. The SMILES string of the molecule is CCNC(=NCCC(=O)NC(C)C)N1CCC(CC(C)C)C1.I. The molecule has 0 aromatic heterocycles. The van der Waals surface area contributed by atoms with Crippen molar-refractivity contribution in [2.75, 3.05) is 26.2 Å². The highest BCUT2D eigenvalue weighted by atomic mass is 127. The lowest BCUT2D eigenvalue weighted by atomic mass is 9.97. The Bertz CT molecular complexity index is 372. The van der Waals surface area contributed by atoms with Crippen LogP contribution in [0.3, 0.4) is 0 Å². The second kappa shape index (κ2) is 11.9. The molecule has 0 saturated carbocycles. The average Bonchev–Trinajstić information content (AvgIpc) is 2.84. The average molecular weight is 438 g/mol. The molecule has 1 unspecified atom stereocenters. The summed E-state index contributed by atoms with van der Waals surface area (Å²) in [6.45, 7) is 14.2. The van der Waals surface area contributed by atoms with Crippen molar-refractivity contribution in [1.82, 2.24) is 15.5 Å². The van der Waals surface area contributed by atoms with E-state index >= 15 is 0 Å². The molecule has 23 heavy (non-hydrogen) atoms. The van der Waals surface area contributed by atoms with Gasteiger partial charge in [0.1, 0.15) is 0 Å². The van der Waals surface area contributed by atoms with Gasteiger partial charge in [-0.1, -0.05) is 13.8 Å². The number of hydrogen-bond donors (Lipinski definition) is 2. The van der Waals surface area contributed by atoms with Gasteiger partial charge in [-0.15, -0.1) is 24.0 Å². The lowest BCUT2D eigenvalue weighted by molar-refractivity contribution is -0.121. The number of carbonyl (C=O) groups is 1. The Labute approximate surface area is 159 Å². The van der Waals surface area contributed by atoms with Crippen LogP contribution in [0.4, 0.5) is 0 Å². The molecular weight excluding hydrogens is 403 g/mol. The number of rotatable bonds is 7. The van der Waals surface area contributed by atoms with E-state index in [0.29, 0.717) is 13.0 Å². The number of carbonyl (C=O) groups excluding carboxylic acids is 1. The molecule has 1 aliphatic rings. The molecule has 1 rings (SSSR count). The first-order valence-electron chi connectivity index (χ1n) is 8.75. The van der Waals surface area contributed by atoms with Gasteiger partial charge in [-0.3, -0.25) is 9.79 Å². The molecule has 1 amide bonds. The smallest absolute Gasteiger partial charge is 0.222 e. The number of guanidine groups is 1. The quantitative estimate of drug-likeness (QED) is 0.365. The van der Waals surface area contributed by atoms with E-state index in [1.54, 1.807) is 0 Å². The molecule has 0 aliphatic carbocycles. The van der Waals surface area contributed by atoms with Crippen LogP contribution in [0, 0.1) is 11.8 Å². The summed E-state index contributed by atoms with van der Waals surface area (Å²) in [5, 5.41) is 6.26. The topological polar surface area (TPSA) is 56.7 Å². The number of nitrogens with zero attached hydrogens (tertiary/aromatic N) is 2. The van der Waals surface area contributed by atoms with Gasteiger partial charge in [0.25, 0.3) is 0 Å². The largest absolute Gasteiger partial charge is 0.357 e. The minimum Gasteiger partial charge on any atom is -0.357 e. The van der Waals surface area contributed by atoms with Crippen LogP contribution < -0.4 is 10.6 Å². The molecule has 1 heterocycles. The summed E-state index contributed by atoms with van der Waals surface area (Å²) in [6.07, 6.45) is 2.99. The van der Waals surface area contributed by atoms with Crippen molar-refractivity contribution in [3.05, 3.63) is 0 Å². The van der Waals surface area contributed by atoms with Gasteiger partial charge < -0.3 is 15.5 Å². The van der Waals surface area contributed by atoms with E-state index in [2.05, 4.69) is 41.3 Å². The predicted octanol–water partition coefficient (Wildman–Crippen LogP) is 2.85. The third-order valence-electron chi connectivity index (χ3n) is 3.78. The monoisotopic (exact) mass is 438 g/mol. The first kappa shape index (κ1) is 22.5. The fourth-order valence-electron chi connectivity index (χ4n) is 2.97. The highest BCUT2D eigenvalue weighted by Gasteiger charge is 2.25. The highest BCUT2D eigenvalue weighted by molar-refractivity contribution is 14.0. The zero-order valence-electron chi connectivity index (χ0n) is 15.4. The van der Waals surface area contributed by atoms with Crippen LogP contribution in [0.15, 0.2) is 4.99 Å². The van der Waals surface area contributed by atoms with Gasteiger partial charge in [0, 0.05) is 32.1 Å². The molecule has 0 radical (unpaired) electrons. The summed E-state index contributed by atoms with van der Waals surface area (Å²) < 4.78 is 0. The molecule has 0 spiro atoms. The zero-order valence-corrected chi connectivity index (χ0v) is 17.7. The van der Waals surface area contributed by atoms with Crippen LogP contribution in [0.2, 0.25) is 0 Å². The van der Waals surface area contributed by atoms with E-state index in [4.69, 9.17) is 0 Å². The maximum atomic E-state index is 11.7. The molecule has 1 fully saturated rings. The maximum Gasteiger partial charge on any atom is 0.222 e. The van der Waals surface area contributed by atoms with Gasteiger partial charge in [-0.2, -0.15) is 0 Å². The zero-order chi connectivity index (χ0) is 16.5. The molecule has 1 aliphatic heterocycles. The van der Waals surface area contributed by atoms with Crippen LogP contribution in [0.5, 0.6) is 0 Å². The maximum absolute atomic E-state index is 11.7. The van der Waals surface area contributed by atoms with Crippen LogP contribution in [0.1, 0.15) is 53.9 Å². The Balaban J connectivity index is 0.00000484. The number of hydrogen-bond acceptors (Lipinski definition) is 2. The van der Waals surface area contributed by atoms with Crippen molar-refractivity contribution in [3.8, 4) is 0 Å². The fourth-order valence-corrected chi connectivity index (χ4v) is 2.97. The van der Waals surface area contributed by atoms with Crippen molar-refractivity contribution in [1.29, 1.82) is 0 Å². The number of halogens is 1. The van der Waals surface area contributed by atoms with E-state index in [-0.39, 0.29) is 35.9 Å². The number of nitrogens with one attached hydrogen (secondary N) is 2. The molecule has 1 saturated heterocycles. The van der Waals surface area contributed by atoms with Crippen molar-refractivity contribution < 1.29 is 4.79 Å². The third kappa shape index (κ3) is 9.37. The van der Waals surface area contributed by atoms with E-state index in [9.17, 15) is 4.79 Å². The minimum absolute atomic E-state index is 0. The molecular formula is C17H35IN4O. The summed E-state index contributed by atoms with van der Waals surface area (Å²) in [6, 6.07) is 0.195. The molecule has 1 atom stereocenters. The van der Waals surface area contributed by atoms with Crippen molar-refractivity contribution in [2.45, 2.75) is 59.9 Å². The van der Waals surface area contributed by atoms with Crippen LogP contribution in [-0.4, -0.2) is 49.0 Å². The lowest BCUT2D eigenvalue weighted by Crippen LogP contribution is -2.40. The van der Waals surface area contributed by atoms with Crippen LogP contribution in [-0.2, 0) is 4.79 Å². The molecule has 5 nitrogen and oxygen atoms in total. The first-order chi connectivity index (χ1) is 10.4. The molecule has 136 valence electrons. The third-order valence-corrected chi connectivity index (χ3v) is 3.78. The van der Waals surface area contributed by atoms with Crippen molar-refractivity contribution in [2.24, 2.45) is 16.8 Å². The van der Waals surface area contributed by atoms with Crippen LogP contribution >= 0.6 is 24.0 Å². The van der Waals surface area contributed by atoms with Gasteiger partial charge >= 0.3 is 0 Å². The number of aliphatic imine (C=N–C) groups is 1. The van der Waals surface area contributed by atoms with Gasteiger partial charge in [0.15, 0.2) is 5.96 Å². The number of amides is 1. The lowest BCUT2D eigenvalue weighted by Gasteiger charge is -2.22. The minimum atomic E-state index is 0. The second-order valence-corrected chi connectivity index (χ2v) is 6.94. The second-order valence-electron chi connectivity index (χ2n) is 6.94. The fraction of sp³-hybridized carbons (Fsp3) is 0.882. The molecule has 0 aromatic carbocycles. The summed E-state index contributed by atoms with van der Waals surface area (Å²) >= 11 is 0. The summed E-state index contributed by atoms with van der Waals surface area (Å²) in [7, 11) is 0. The van der Waals surface area contributed by atoms with Gasteiger partial charge in [0.2, 0.25) is 5.91 Å². The number of likely N-dealkylation sites (tertiary alicyclic amines) is 1. The summed E-state index contributed by atoms with van der Waals surface area (Å²) in [5.41, 5.74) is 0. The van der Waals surface area contributed by atoms with Crippen LogP contribution in [0.25, 0.3) is 0 Å². The molecule has 0 aromatic rings. The van der Waals surface area contributed by atoms with E-state index < -0.39 is 0 Å². The van der Waals surface area contributed by atoms with E-state index in [0.717, 1.165) is 37.4 Å². The molecule has 2 N–H and O–H groups in total. The normalized spacial score (nSPS) is 18.3. The Morgan fingerprint density at radius 1 is 1.30 bits per heavy atom. The van der Waals surface area contributed by atoms with Gasteiger partial charge in [-0.25, -0.2) is 0 Å². The Morgan fingerprint density at radius 2 is 2.00 bits per heavy atom. The summed E-state index contributed by atoms with van der Waals surface area (Å²) in [5.74, 6) is 2.57. The van der Waals surface area contributed by atoms with Crippen molar-refractivity contribution >= 4 is 35.8 Å². The summed E-state index contributed by atoms with van der Waals surface area (Å²) in [4.78, 5) is 18.6. The Morgan fingerprint density at radius 3 is 2.57 bits per heavy atom. The molecule has 0 bridgehead atoms. The van der Waals surface area contributed by atoms with Gasteiger partial charge in [-0.05, 0) is 45.4 Å². The van der Waals surface area contributed by atoms with Crippen molar-refractivity contribution in [3.63, 3.8) is 0 Å². The Kier molecular flexibility index (Phi) is 11.6. The van der Waals surface area contributed by atoms with Gasteiger partial charge in [0.05, 0.1) is 6.54 Å².